The number of carbonyl (C=O) groups excluding carboxylic acids is 2. The number of hydrogen-bond donors (Lipinski definition) is 1. The lowest BCUT2D eigenvalue weighted by Crippen LogP contribution is -2.12. The lowest BCUT2D eigenvalue weighted by Gasteiger charge is -2.06. The van der Waals surface area contributed by atoms with Crippen molar-refractivity contribution in [3.05, 3.63) is 59.4 Å². The van der Waals surface area contributed by atoms with Gasteiger partial charge in [0, 0.05) is 18.1 Å². The molecule has 2 aromatic rings. The number of amides is 1. The van der Waals surface area contributed by atoms with Gasteiger partial charge in [0.2, 0.25) is 0 Å². The molecule has 0 atom stereocenters. The van der Waals surface area contributed by atoms with Crippen LogP contribution in [-0.4, -0.2) is 24.0 Å². The molecular formula is C15H14N2O3. The van der Waals surface area contributed by atoms with Gasteiger partial charge in [-0.2, -0.15) is 0 Å². The minimum atomic E-state index is -0.411. The number of methoxy groups -OCH3 is 1. The van der Waals surface area contributed by atoms with E-state index in [9.17, 15) is 9.59 Å². The van der Waals surface area contributed by atoms with Gasteiger partial charge in [-0.1, -0.05) is 0 Å². The Morgan fingerprint density at radius 2 is 1.80 bits per heavy atom. The summed E-state index contributed by atoms with van der Waals surface area (Å²) in [4.78, 5) is 27.3. The molecule has 1 heterocycles. The number of anilines is 1. The van der Waals surface area contributed by atoms with Crippen molar-refractivity contribution in [1.29, 1.82) is 0 Å². The van der Waals surface area contributed by atoms with E-state index >= 15 is 0 Å². The zero-order chi connectivity index (χ0) is 14.5. The summed E-state index contributed by atoms with van der Waals surface area (Å²) >= 11 is 0. The number of aryl methyl sites for hydroxylation is 1. The molecule has 0 bridgehead atoms. The number of nitrogens with one attached hydrogen (secondary N) is 1. The van der Waals surface area contributed by atoms with Gasteiger partial charge in [-0.3, -0.25) is 9.78 Å². The Kier molecular flexibility index (Phi) is 4.10. The molecule has 5 nitrogen and oxygen atoms in total. The second-order valence-corrected chi connectivity index (χ2v) is 4.27. The van der Waals surface area contributed by atoms with E-state index in [0.29, 0.717) is 16.8 Å². The molecule has 102 valence electrons. The molecule has 5 heteroatoms. The molecule has 20 heavy (non-hydrogen) atoms. The van der Waals surface area contributed by atoms with Crippen molar-refractivity contribution in [2.45, 2.75) is 6.92 Å². The van der Waals surface area contributed by atoms with Crippen molar-refractivity contribution in [2.75, 3.05) is 12.4 Å². The Balaban J connectivity index is 2.10. The Bertz CT molecular complexity index is 636. The molecule has 1 amide bonds. The fraction of sp³-hybridized carbons (Fsp3) is 0.133. The number of rotatable bonds is 3. The minimum absolute atomic E-state index is 0.244. The highest BCUT2D eigenvalue weighted by Gasteiger charge is 2.08. The third kappa shape index (κ3) is 3.20. The van der Waals surface area contributed by atoms with E-state index < -0.39 is 5.97 Å². The average molecular weight is 270 g/mol. The number of pyridine rings is 1. The van der Waals surface area contributed by atoms with Crippen molar-refractivity contribution < 1.29 is 14.3 Å². The lowest BCUT2D eigenvalue weighted by atomic mass is 10.2. The van der Waals surface area contributed by atoms with Crippen LogP contribution in [0.3, 0.4) is 0 Å². The third-order valence-electron chi connectivity index (χ3n) is 2.70. The van der Waals surface area contributed by atoms with E-state index in [1.54, 1.807) is 36.5 Å². The summed E-state index contributed by atoms with van der Waals surface area (Å²) in [6, 6.07) is 8.23. The molecule has 1 N–H and O–H groups in total. The first-order valence-electron chi connectivity index (χ1n) is 6.01. The van der Waals surface area contributed by atoms with Gasteiger partial charge in [0.1, 0.15) is 0 Å². The normalized spacial score (nSPS) is 9.90. The van der Waals surface area contributed by atoms with Crippen LogP contribution < -0.4 is 5.32 Å². The van der Waals surface area contributed by atoms with E-state index in [1.165, 1.54) is 13.3 Å². The average Bonchev–Trinajstić information content (AvgIpc) is 2.47. The molecule has 0 saturated heterocycles. The summed E-state index contributed by atoms with van der Waals surface area (Å²) < 4.78 is 4.61. The first kappa shape index (κ1) is 13.7. The molecule has 1 aromatic carbocycles. The molecule has 0 saturated carbocycles. The maximum Gasteiger partial charge on any atom is 0.337 e. The number of hydrogen-bond acceptors (Lipinski definition) is 4. The van der Waals surface area contributed by atoms with Crippen molar-refractivity contribution in [1.82, 2.24) is 4.98 Å². The molecule has 0 aliphatic rings. The van der Waals surface area contributed by atoms with Gasteiger partial charge < -0.3 is 10.1 Å². The summed E-state index contributed by atoms with van der Waals surface area (Å²) in [6.07, 6.45) is 3.19. The highest BCUT2D eigenvalue weighted by Crippen LogP contribution is 2.12. The Labute approximate surface area is 116 Å². The molecule has 0 spiro atoms. The van der Waals surface area contributed by atoms with Crippen molar-refractivity contribution in [3.63, 3.8) is 0 Å². The lowest BCUT2D eigenvalue weighted by molar-refractivity contribution is 0.0600. The van der Waals surface area contributed by atoms with Gasteiger partial charge in [0.05, 0.1) is 18.2 Å². The number of aromatic nitrogens is 1. The van der Waals surface area contributed by atoms with Crippen molar-refractivity contribution in [3.8, 4) is 0 Å². The first-order valence-corrected chi connectivity index (χ1v) is 6.01. The minimum Gasteiger partial charge on any atom is -0.465 e. The fourth-order valence-corrected chi connectivity index (χ4v) is 1.69. The van der Waals surface area contributed by atoms with Crippen LogP contribution >= 0.6 is 0 Å². The van der Waals surface area contributed by atoms with Crippen LogP contribution in [0.2, 0.25) is 0 Å². The molecule has 0 radical (unpaired) electrons. The van der Waals surface area contributed by atoms with Gasteiger partial charge in [-0.25, -0.2) is 4.79 Å². The first-order chi connectivity index (χ1) is 9.60. The predicted molar refractivity (Wildman–Crippen MR) is 74.7 cm³/mol. The van der Waals surface area contributed by atoms with Gasteiger partial charge in [0.25, 0.3) is 5.91 Å². The molecule has 0 fully saturated rings. The molecular weight excluding hydrogens is 256 g/mol. The second kappa shape index (κ2) is 5.97. The predicted octanol–water partition coefficient (Wildman–Crippen LogP) is 2.43. The van der Waals surface area contributed by atoms with Crippen molar-refractivity contribution >= 4 is 17.6 Å². The summed E-state index contributed by atoms with van der Waals surface area (Å²) in [5.74, 6) is -0.655. The Morgan fingerprint density at radius 1 is 1.10 bits per heavy atom. The summed E-state index contributed by atoms with van der Waals surface area (Å²) in [5, 5.41) is 2.74. The van der Waals surface area contributed by atoms with Crippen LogP contribution in [0, 0.1) is 6.92 Å². The molecule has 1 aromatic heterocycles. The van der Waals surface area contributed by atoms with Gasteiger partial charge in [-0.05, 0) is 42.8 Å². The zero-order valence-corrected chi connectivity index (χ0v) is 11.2. The summed E-state index contributed by atoms with van der Waals surface area (Å²) in [7, 11) is 1.32. The smallest absolute Gasteiger partial charge is 0.337 e. The van der Waals surface area contributed by atoms with Crippen LogP contribution in [0.1, 0.15) is 26.3 Å². The Morgan fingerprint density at radius 3 is 2.40 bits per heavy atom. The van der Waals surface area contributed by atoms with Crippen LogP contribution in [0.4, 0.5) is 5.69 Å². The van der Waals surface area contributed by atoms with E-state index in [0.717, 1.165) is 5.56 Å². The van der Waals surface area contributed by atoms with Gasteiger partial charge >= 0.3 is 5.97 Å². The zero-order valence-electron chi connectivity index (χ0n) is 11.2. The van der Waals surface area contributed by atoms with Crippen LogP contribution in [0.5, 0.6) is 0 Å². The largest absolute Gasteiger partial charge is 0.465 e. The quantitative estimate of drug-likeness (QED) is 0.870. The molecule has 0 unspecified atom stereocenters. The van der Waals surface area contributed by atoms with Crippen LogP contribution in [-0.2, 0) is 4.74 Å². The van der Waals surface area contributed by atoms with Crippen molar-refractivity contribution in [2.24, 2.45) is 0 Å². The van der Waals surface area contributed by atoms with E-state index in [4.69, 9.17) is 0 Å². The summed E-state index contributed by atoms with van der Waals surface area (Å²) in [6.45, 7) is 1.87. The number of nitrogens with zero attached hydrogens (tertiary/aromatic N) is 1. The van der Waals surface area contributed by atoms with E-state index in [1.807, 2.05) is 6.92 Å². The van der Waals surface area contributed by atoms with Gasteiger partial charge in [-0.15, -0.1) is 0 Å². The topological polar surface area (TPSA) is 68.3 Å². The highest BCUT2D eigenvalue weighted by molar-refractivity contribution is 6.04. The summed E-state index contributed by atoms with van der Waals surface area (Å²) in [5.41, 5.74) is 2.44. The number of esters is 1. The van der Waals surface area contributed by atoms with Crippen LogP contribution in [0.15, 0.2) is 42.7 Å². The van der Waals surface area contributed by atoms with E-state index in [2.05, 4.69) is 15.0 Å². The van der Waals surface area contributed by atoms with E-state index in [-0.39, 0.29) is 5.91 Å². The maximum absolute atomic E-state index is 12.0. The number of benzene rings is 1. The maximum atomic E-state index is 12.0. The van der Waals surface area contributed by atoms with Crippen LogP contribution in [0.25, 0.3) is 0 Å². The molecule has 2 rings (SSSR count). The number of ether oxygens (including phenoxy) is 1. The number of carbonyl (C=O) groups is 2. The standard InChI is InChI=1S/C15H14N2O3/c1-10-7-12(9-16-8-10)14(18)17-13-5-3-11(4-6-13)15(19)20-2/h3-9H,1-2H3,(H,17,18). The fourth-order valence-electron chi connectivity index (χ4n) is 1.69. The second-order valence-electron chi connectivity index (χ2n) is 4.27. The van der Waals surface area contributed by atoms with Gasteiger partial charge in [0.15, 0.2) is 0 Å². The highest BCUT2D eigenvalue weighted by atomic mass is 16.5. The molecule has 0 aliphatic carbocycles. The Hall–Kier alpha value is -2.69. The molecule has 0 aliphatic heterocycles. The third-order valence-corrected chi connectivity index (χ3v) is 2.70. The monoisotopic (exact) mass is 270 g/mol. The SMILES string of the molecule is COC(=O)c1ccc(NC(=O)c2cncc(C)c2)cc1.